The van der Waals surface area contributed by atoms with Crippen molar-refractivity contribution in [3.63, 3.8) is 0 Å². The molecule has 0 unspecified atom stereocenters. The van der Waals surface area contributed by atoms with Crippen LogP contribution >= 0.6 is 0 Å². The summed E-state index contributed by atoms with van der Waals surface area (Å²) in [6.07, 6.45) is 0.0857. The van der Waals surface area contributed by atoms with Crippen LogP contribution in [0.1, 0.15) is 27.2 Å². The molecule has 0 N–H and O–H groups in total. The van der Waals surface area contributed by atoms with Crippen molar-refractivity contribution in [1.82, 2.24) is 4.90 Å². The van der Waals surface area contributed by atoms with Gasteiger partial charge in [-0.1, -0.05) is 6.92 Å². The van der Waals surface area contributed by atoms with Crippen molar-refractivity contribution < 1.29 is 13.9 Å². The van der Waals surface area contributed by atoms with Crippen LogP contribution in [0.25, 0.3) is 0 Å². The second-order valence-electron chi connectivity index (χ2n) is 3.98. The number of rotatable bonds is 6. The standard InChI is InChI=1S/C14H20FNO2/c1-4-13(14(17)16(5-2)6-3)18-12-9-7-11(15)8-10-12/h7-10,13H,4-6H2,1-3H3/t13-/m0/s1. The highest BCUT2D eigenvalue weighted by atomic mass is 19.1. The third-order valence-electron chi connectivity index (χ3n) is 2.81. The van der Waals surface area contributed by atoms with E-state index in [-0.39, 0.29) is 11.7 Å². The molecule has 0 aliphatic heterocycles. The number of likely N-dealkylation sites (N-methyl/N-ethyl adjacent to an activating group) is 1. The van der Waals surface area contributed by atoms with Gasteiger partial charge in [0, 0.05) is 13.1 Å². The van der Waals surface area contributed by atoms with Crippen LogP contribution in [-0.2, 0) is 4.79 Å². The average Bonchev–Trinajstić information content (AvgIpc) is 2.39. The van der Waals surface area contributed by atoms with E-state index < -0.39 is 6.10 Å². The predicted octanol–water partition coefficient (Wildman–Crippen LogP) is 2.85. The van der Waals surface area contributed by atoms with Gasteiger partial charge < -0.3 is 9.64 Å². The molecule has 0 aromatic heterocycles. The quantitative estimate of drug-likeness (QED) is 0.780. The van der Waals surface area contributed by atoms with Crippen molar-refractivity contribution in [2.24, 2.45) is 0 Å². The van der Waals surface area contributed by atoms with Gasteiger partial charge in [0.05, 0.1) is 0 Å². The molecule has 0 saturated carbocycles. The molecule has 0 saturated heterocycles. The Bertz CT molecular complexity index is 374. The van der Waals surface area contributed by atoms with Crippen LogP contribution in [-0.4, -0.2) is 30.0 Å². The van der Waals surface area contributed by atoms with Crippen LogP contribution in [0.2, 0.25) is 0 Å². The molecule has 3 nitrogen and oxygen atoms in total. The zero-order valence-electron chi connectivity index (χ0n) is 11.1. The number of carbonyl (C=O) groups is 1. The Morgan fingerprint density at radius 1 is 1.22 bits per heavy atom. The van der Waals surface area contributed by atoms with E-state index in [1.165, 1.54) is 24.3 Å². The van der Waals surface area contributed by atoms with Crippen LogP contribution in [0, 0.1) is 5.82 Å². The lowest BCUT2D eigenvalue weighted by Crippen LogP contribution is -2.41. The molecular weight excluding hydrogens is 233 g/mol. The Hall–Kier alpha value is -1.58. The first-order valence-corrected chi connectivity index (χ1v) is 6.33. The lowest BCUT2D eigenvalue weighted by atomic mass is 10.2. The maximum atomic E-state index is 12.8. The molecule has 1 rings (SSSR count). The summed E-state index contributed by atoms with van der Waals surface area (Å²) in [6, 6.07) is 5.72. The number of hydrogen-bond donors (Lipinski definition) is 0. The van der Waals surface area contributed by atoms with Crippen molar-refractivity contribution in [2.75, 3.05) is 13.1 Å². The summed E-state index contributed by atoms with van der Waals surface area (Å²) in [5.74, 6) is 0.182. The first-order chi connectivity index (χ1) is 8.62. The molecule has 0 bridgehead atoms. The molecule has 18 heavy (non-hydrogen) atoms. The van der Waals surface area contributed by atoms with Gasteiger partial charge in [0.2, 0.25) is 0 Å². The number of nitrogens with zero attached hydrogens (tertiary/aromatic N) is 1. The van der Waals surface area contributed by atoms with E-state index >= 15 is 0 Å². The third-order valence-corrected chi connectivity index (χ3v) is 2.81. The van der Waals surface area contributed by atoms with Crippen molar-refractivity contribution in [1.29, 1.82) is 0 Å². The number of benzene rings is 1. The maximum Gasteiger partial charge on any atom is 0.263 e. The highest BCUT2D eigenvalue weighted by Crippen LogP contribution is 2.15. The highest BCUT2D eigenvalue weighted by Gasteiger charge is 2.22. The molecular formula is C14H20FNO2. The molecule has 1 aromatic carbocycles. The van der Waals surface area contributed by atoms with Gasteiger partial charge >= 0.3 is 0 Å². The largest absolute Gasteiger partial charge is 0.481 e. The minimum Gasteiger partial charge on any atom is -0.481 e. The lowest BCUT2D eigenvalue weighted by molar-refractivity contribution is -0.138. The van der Waals surface area contributed by atoms with Crippen LogP contribution in [0.4, 0.5) is 4.39 Å². The van der Waals surface area contributed by atoms with Crippen LogP contribution < -0.4 is 4.74 Å². The molecule has 1 aromatic rings. The van der Waals surface area contributed by atoms with Crippen molar-refractivity contribution in [2.45, 2.75) is 33.3 Å². The van der Waals surface area contributed by atoms with Crippen molar-refractivity contribution in [3.05, 3.63) is 30.1 Å². The van der Waals surface area contributed by atoms with Gasteiger partial charge in [0.15, 0.2) is 6.10 Å². The molecule has 1 amide bonds. The molecule has 0 fully saturated rings. The zero-order chi connectivity index (χ0) is 13.5. The summed E-state index contributed by atoms with van der Waals surface area (Å²) in [4.78, 5) is 13.9. The third kappa shape index (κ3) is 3.72. The fourth-order valence-corrected chi connectivity index (χ4v) is 1.72. The Balaban J connectivity index is 2.72. The average molecular weight is 253 g/mol. The first kappa shape index (κ1) is 14.5. The van der Waals surface area contributed by atoms with Crippen LogP contribution in [0.3, 0.4) is 0 Å². The number of hydrogen-bond acceptors (Lipinski definition) is 2. The maximum absolute atomic E-state index is 12.8. The number of amides is 1. The van der Waals surface area contributed by atoms with E-state index in [9.17, 15) is 9.18 Å². The second-order valence-corrected chi connectivity index (χ2v) is 3.98. The van der Waals surface area contributed by atoms with Gasteiger partial charge in [-0.25, -0.2) is 4.39 Å². The molecule has 0 spiro atoms. The molecule has 1 atom stereocenters. The van der Waals surface area contributed by atoms with Gasteiger partial charge in [0.25, 0.3) is 5.91 Å². The number of halogens is 1. The van der Waals surface area contributed by atoms with Gasteiger partial charge in [-0.2, -0.15) is 0 Å². The Kier molecular flexibility index (Phi) is 5.62. The summed E-state index contributed by atoms with van der Waals surface area (Å²) in [6.45, 7) is 7.10. The van der Waals surface area contributed by atoms with Crippen LogP contribution in [0.15, 0.2) is 24.3 Å². The fourth-order valence-electron chi connectivity index (χ4n) is 1.72. The van der Waals surface area contributed by atoms with E-state index in [1.54, 1.807) is 4.90 Å². The van der Waals surface area contributed by atoms with Gasteiger partial charge in [-0.3, -0.25) is 4.79 Å². The van der Waals surface area contributed by atoms with Gasteiger partial charge in [-0.05, 0) is 44.5 Å². The zero-order valence-corrected chi connectivity index (χ0v) is 11.1. The monoisotopic (exact) mass is 253 g/mol. The van der Waals surface area contributed by atoms with E-state index in [2.05, 4.69) is 0 Å². The summed E-state index contributed by atoms with van der Waals surface area (Å²) in [7, 11) is 0. The summed E-state index contributed by atoms with van der Waals surface area (Å²) in [5, 5.41) is 0. The summed E-state index contributed by atoms with van der Waals surface area (Å²) >= 11 is 0. The first-order valence-electron chi connectivity index (χ1n) is 6.33. The molecule has 100 valence electrons. The smallest absolute Gasteiger partial charge is 0.263 e. The van der Waals surface area contributed by atoms with Crippen molar-refractivity contribution in [3.8, 4) is 5.75 Å². The lowest BCUT2D eigenvalue weighted by Gasteiger charge is -2.25. The number of ether oxygens (including phenoxy) is 1. The SMILES string of the molecule is CC[C@H](Oc1ccc(F)cc1)C(=O)N(CC)CC. The highest BCUT2D eigenvalue weighted by molar-refractivity contribution is 5.81. The van der Waals surface area contributed by atoms with E-state index in [4.69, 9.17) is 4.74 Å². The Morgan fingerprint density at radius 2 is 1.78 bits per heavy atom. The second kappa shape index (κ2) is 6.99. The summed E-state index contributed by atoms with van der Waals surface area (Å²) < 4.78 is 18.4. The number of carbonyl (C=O) groups excluding carboxylic acids is 1. The normalized spacial score (nSPS) is 12.0. The molecule has 4 heteroatoms. The van der Waals surface area contributed by atoms with Crippen molar-refractivity contribution >= 4 is 5.91 Å². The Labute approximate surface area is 108 Å². The Morgan fingerprint density at radius 3 is 2.22 bits per heavy atom. The van der Waals surface area contributed by atoms with E-state index in [0.717, 1.165) is 0 Å². The molecule has 0 radical (unpaired) electrons. The molecule has 0 aliphatic rings. The van der Waals surface area contributed by atoms with E-state index in [1.807, 2.05) is 20.8 Å². The minimum atomic E-state index is -0.504. The predicted molar refractivity (Wildman–Crippen MR) is 69.0 cm³/mol. The fraction of sp³-hybridized carbons (Fsp3) is 0.500. The summed E-state index contributed by atoms with van der Waals surface area (Å²) in [5.41, 5.74) is 0. The van der Waals surface area contributed by atoms with Gasteiger partial charge in [-0.15, -0.1) is 0 Å². The molecule has 0 heterocycles. The van der Waals surface area contributed by atoms with Gasteiger partial charge in [0.1, 0.15) is 11.6 Å². The van der Waals surface area contributed by atoms with E-state index in [0.29, 0.717) is 25.3 Å². The minimum absolute atomic E-state index is 0.0215. The topological polar surface area (TPSA) is 29.5 Å². The van der Waals surface area contributed by atoms with Crippen LogP contribution in [0.5, 0.6) is 5.75 Å². The molecule has 0 aliphatic carbocycles.